The molecule has 34 heavy (non-hydrogen) atoms. The van der Waals surface area contributed by atoms with Gasteiger partial charge in [0, 0.05) is 16.7 Å². The molecule has 186 valence electrons. The number of hydrogen-bond donors (Lipinski definition) is 5. The number of carboxylic acids is 1. The summed E-state index contributed by atoms with van der Waals surface area (Å²) < 4.78 is 0.222. The van der Waals surface area contributed by atoms with Gasteiger partial charge in [0.2, 0.25) is 0 Å². The maximum Gasteiger partial charge on any atom is 0.352 e. The molecular formula is C19H27N6O7S2+. The lowest BCUT2D eigenvalue weighted by atomic mass is 10.0. The van der Waals surface area contributed by atoms with Gasteiger partial charge in [0.15, 0.2) is 10.8 Å². The van der Waals surface area contributed by atoms with E-state index >= 15 is 0 Å². The molecule has 6 N–H and O–H groups in total. The molecule has 0 aliphatic carbocycles. The maximum absolute atomic E-state index is 12.9. The topological polar surface area (TPSA) is 188 Å². The molecule has 0 saturated carbocycles. The molecule has 1 saturated heterocycles. The van der Waals surface area contributed by atoms with Crippen molar-refractivity contribution in [3.05, 3.63) is 22.3 Å². The summed E-state index contributed by atoms with van der Waals surface area (Å²) >= 11 is 2.44. The normalized spacial score (nSPS) is 20.6. The number of carboxylic acid groups (broad SMARTS) is 1. The second-order valence-electron chi connectivity index (χ2n) is 7.98. The highest BCUT2D eigenvalue weighted by Crippen LogP contribution is 2.41. The van der Waals surface area contributed by atoms with Crippen LogP contribution in [0.15, 0.2) is 21.8 Å². The number of aliphatic carboxylic acids is 1. The van der Waals surface area contributed by atoms with Gasteiger partial charge in [-0.2, -0.15) is 0 Å². The molecule has 1 unspecified atom stereocenters. The third kappa shape index (κ3) is 5.17. The zero-order valence-corrected chi connectivity index (χ0v) is 20.3. The lowest BCUT2D eigenvalue weighted by molar-refractivity contribution is -0.905. The number of fused-ring (bicyclic) bond motifs is 1. The average molecular weight is 516 g/mol. The zero-order chi connectivity index (χ0) is 25.0. The number of carbonyl (C=O) groups excluding carboxylic acids is 2. The number of oxime groups is 1. The summed E-state index contributed by atoms with van der Waals surface area (Å²) in [6.07, 6.45) is 0. The molecule has 0 aromatic carbocycles. The molecule has 0 radical (unpaired) electrons. The summed E-state index contributed by atoms with van der Waals surface area (Å²) in [7, 11) is 3.07. The Hall–Kier alpha value is -2.72. The van der Waals surface area contributed by atoms with Crippen molar-refractivity contribution in [2.75, 3.05) is 58.5 Å². The van der Waals surface area contributed by atoms with Crippen molar-refractivity contribution in [3.63, 3.8) is 0 Å². The number of carbonyl (C=O) groups is 3. The first-order valence-electron chi connectivity index (χ1n) is 10.2. The molecule has 2 aliphatic rings. The smallest absolute Gasteiger partial charge is 0.352 e. The third-order valence-electron chi connectivity index (χ3n) is 5.55. The minimum atomic E-state index is -1.25. The number of amides is 2. The van der Waals surface area contributed by atoms with Gasteiger partial charge in [-0.05, 0) is 0 Å². The van der Waals surface area contributed by atoms with E-state index in [-0.39, 0.29) is 46.5 Å². The number of rotatable bonds is 11. The summed E-state index contributed by atoms with van der Waals surface area (Å²) in [5, 5.41) is 36.1. The molecule has 1 fully saturated rings. The fourth-order valence-corrected chi connectivity index (χ4v) is 5.80. The number of aliphatic hydroxyl groups is 2. The van der Waals surface area contributed by atoms with Crippen molar-refractivity contribution in [1.29, 1.82) is 0 Å². The Labute approximate surface area is 203 Å². The number of nitrogens with two attached hydrogens (primary N) is 1. The van der Waals surface area contributed by atoms with Crippen LogP contribution in [0.3, 0.4) is 0 Å². The van der Waals surface area contributed by atoms with Gasteiger partial charge in [-0.1, -0.05) is 5.16 Å². The Morgan fingerprint density at radius 1 is 1.38 bits per heavy atom. The van der Waals surface area contributed by atoms with Crippen molar-refractivity contribution < 1.29 is 39.0 Å². The van der Waals surface area contributed by atoms with Crippen molar-refractivity contribution in [3.8, 4) is 0 Å². The molecule has 2 amide bonds. The zero-order valence-electron chi connectivity index (χ0n) is 18.6. The molecule has 1 aromatic heterocycles. The summed E-state index contributed by atoms with van der Waals surface area (Å²) in [5.74, 6) is -2.20. The first-order valence-corrected chi connectivity index (χ1v) is 12.2. The lowest BCUT2D eigenvalue weighted by Gasteiger charge is -2.50. The largest absolute Gasteiger partial charge is 0.477 e. The first kappa shape index (κ1) is 25.9. The highest BCUT2D eigenvalue weighted by molar-refractivity contribution is 8.00. The molecule has 2 aliphatic heterocycles. The highest BCUT2D eigenvalue weighted by Gasteiger charge is 2.55. The Morgan fingerprint density at radius 2 is 2.06 bits per heavy atom. The average Bonchev–Trinajstić information content (AvgIpc) is 3.21. The first-order chi connectivity index (χ1) is 16.2. The van der Waals surface area contributed by atoms with Crippen LogP contribution in [0.5, 0.6) is 0 Å². The van der Waals surface area contributed by atoms with E-state index in [1.165, 1.54) is 29.2 Å². The molecule has 15 heteroatoms. The second kappa shape index (κ2) is 10.7. The molecule has 0 spiro atoms. The number of aliphatic hydroxyl groups excluding tert-OH is 2. The SMILES string of the molecule is CO/N=C(\C(=O)NC1C(=O)N2C(C(=O)O)=C(C[N+](C)(CCO)CCO)CS[C@@H]12)c1csc(N)n1. The van der Waals surface area contributed by atoms with Crippen molar-refractivity contribution in [2.24, 2.45) is 5.16 Å². The molecule has 1 aromatic rings. The number of nitrogens with one attached hydrogen (secondary N) is 1. The van der Waals surface area contributed by atoms with Gasteiger partial charge in [-0.15, -0.1) is 23.1 Å². The van der Waals surface area contributed by atoms with Crippen LogP contribution in [0.25, 0.3) is 0 Å². The fraction of sp³-hybridized carbons (Fsp3) is 0.526. The van der Waals surface area contributed by atoms with Gasteiger partial charge in [0.25, 0.3) is 11.8 Å². The van der Waals surface area contributed by atoms with E-state index in [2.05, 4.69) is 15.5 Å². The van der Waals surface area contributed by atoms with E-state index in [1.54, 1.807) is 7.05 Å². The quantitative estimate of drug-likeness (QED) is 0.0978. The van der Waals surface area contributed by atoms with Gasteiger partial charge < -0.3 is 35.7 Å². The number of hydrogen-bond acceptors (Lipinski definition) is 11. The number of likely N-dealkylation sites (N-methyl/N-ethyl adjacent to an activating group) is 1. The van der Waals surface area contributed by atoms with Crippen LogP contribution >= 0.6 is 23.1 Å². The number of nitrogens with zero attached hydrogens (tertiary/aromatic N) is 4. The van der Waals surface area contributed by atoms with Crippen LogP contribution in [0.1, 0.15) is 5.69 Å². The predicted molar refractivity (Wildman–Crippen MR) is 125 cm³/mol. The number of nitrogen functional groups attached to an aromatic ring is 1. The fourth-order valence-electron chi connectivity index (χ4n) is 3.92. The Bertz CT molecular complexity index is 1020. The van der Waals surface area contributed by atoms with E-state index in [0.29, 0.717) is 24.4 Å². The number of thioether (sulfide) groups is 1. The highest BCUT2D eigenvalue weighted by atomic mass is 32.2. The van der Waals surface area contributed by atoms with Crippen LogP contribution in [0.4, 0.5) is 5.13 Å². The molecule has 2 atom stereocenters. The van der Waals surface area contributed by atoms with Crippen LogP contribution in [-0.2, 0) is 19.2 Å². The van der Waals surface area contributed by atoms with E-state index in [1.807, 2.05) is 0 Å². The minimum absolute atomic E-state index is 0.127. The standard InChI is InChI=1S/C19H26N6O7S2/c1-25(3-5-26,4-6-27)7-10-8-33-17-13(16(29)24(17)14(10)18(30)31)22-15(28)12(23-32-2)11-9-34-19(20)21-11/h9,13,17,26-27H,3-8H2,1-2H3,(H3-,20,21,22,28,30,31)/p+1/b23-12-/t13?,17-/m0/s1. The van der Waals surface area contributed by atoms with Crippen LogP contribution in [-0.4, -0.2) is 117 Å². The van der Waals surface area contributed by atoms with E-state index in [9.17, 15) is 29.7 Å². The second-order valence-corrected chi connectivity index (χ2v) is 9.98. The summed E-state index contributed by atoms with van der Waals surface area (Å²) in [5.41, 5.74) is 6.06. The van der Waals surface area contributed by atoms with Gasteiger partial charge in [-0.25, -0.2) is 9.78 Å². The van der Waals surface area contributed by atoms with E-state index in [0.717, 1.165) is 11.3 Å². The number of aromatic nitrogens is 1. The Morgan fingerprint density at radius 3 is 2.59 bits per heavy atom. The minimum Gasteiger partial charge on any atom is -0.477 e. The number of thiazole rings is 1. The molecule has 3 rings (SSSR count). The number of quaternary nitrogens is 1. The monoisotopic (exact) mass is 515 g/mol. The lowest BCUT2D eigenvalue weighted by Crippen LogP contribution is -2.71. The summed E-state index contributed by atoms with van der Waals surface area (Å²) in [6.45, 7) is 0.628. The van der Waals surface area contributed by atoms with Crippen LogP contribution in [0.2, 0.25) is 0 Å². The Balaban J connectivity index is 1.80. The van der Waals surface area contributed by atoms with Crippen LogP contribution in [0, 0.1) is 0 Å². The predicted octanol–water partition coefficient (Wildman–Crippen LogP) is -1.75. The third-order valence-corrected chi connectivity index (χ3v) is 7.56. The summed E-state index contributed by atoms with van der Waals surface area (Å²) in [6, 6.07) is -0.956. The van der Waals surface area contributed by atoms with Crippen molar-refractivity contribution in [1.82, 2.24) is 15.2 Å². The summed E-state index contributed by atoms with van der Waals surface area (Å²) in [4.78, 5) is 47.8. The molecule has 13 nitrogen and oxygen atoms in total. The van der Waals surface area contributed by atoms with Gasteiger partial charge in [0.1, 0.15) is 49.6 Å². The van der Waals surface area contributed by atoms with Gasteiger partial charge in [0.05, 0.1) is 20.3 Å². The molecule has 3 heterocycles. The van der Waals surface area contributed by atoms with Gasteiger partial charge >= 0.3 is 5.97 Å². The van der Waals surface area contributed by atoms with Crippen molar-refractivity contribution >= 4 is 51.7 Å². The van der Waals surface area contributed by atoms with Crippen molar-refractivity contribution in [2.45, 2.75) is 11.4 Å². The van der Waals surface area contributed by atoms with E-state index in [4.69, 9.17) is 10.6 Å². The van der Waals surface area contributed by atoms with E-state index < -0.39 is 29.2 Å². The van der Waals surface area contributed by atoms with Gasteiger partial charge in [-0.3, -0.25) is 14.5 Å². The number of anilines is 1. The van der Waals surface area contributed by atoms with Crippen LogP contribution < -0.4 is 11.1 Å². The molecular weight excluding hydrogens is 488 g/mol. The Kier molecular flexibility index (Phi) is 8.14. The maximum atomic E-state index is 12.9. The molecule has 0 bridgehead atoms. The number of β-lactam (4-membered cyclic amide) rings is 1.